The number of hydrogen-bond acceptors (Lipinski definition) is 7. The van der Waals surface area contributed by atoms with Crippen molar-refractivity contribution in [1.29, 1.82) is 0 Å². The highest BCUT2D eigenvalue weighted by Crippen LogP contribution is 2.34. The number of rotatable bonds is 4. The van der Waals surface area contributed by atoms with Crippen LogP contribution in [0.3, 0.4) is 0 Å². The number of pyridine rings is 1. The van der Waals surface area contributed by atoms with Gasteiger partial charge in [0.15, 0.2) is 5.13 Å². The second kappa shape index (κ2) is 5.88. The molecule has 1 unspecified atom stereocenters. The molecule has 0 saturated heterocycles. The van der Waals surface area contributed by atoms with Crippen molar-refractivity contribution in [2.24, 2.45) is 0 Å². The lowest BCUT2D eigenvalue weighted by molar-refractivity contribution is 0.198. The van der Waals surface area contributed by atoms with E-state index >= 15 is 0 Å². The van der Waals surface area contributed by atoms with E-state index in [1.807, 2.05) is 30.5 Å². The highest BCUT2D eigenvalue weighted by atomic mass is 32.1. The van der Waals surface area contributed by atoms with Gasteiger partial charge in [0.1, 0.15) is 16.9 Å². The first-order chi connectivity index (χ1) is 10.1. The van der Waals surface area contributed by atoms with Crippen LogP contribution in [-0.4, -0.2) is 20.1 Å². The van der Waals surface area contributed by atoms with Gasteiger partial charge in [-0.15, -0.1) is 22.7 Å². The van der Waals surface area contributed by atoms with Crippen LogP contribution in [0.25, 0.3) is 10.6 Å². The van der Waals surface area contributed by atoms with E-state index in [9.17, 15) is 5.11 Å². The SMILES string of the molecule is Cc1nc(C(C)O)sc1-c1csc(Nc2ccccn2)n1. The fourth-order valence-corrected chi connectivity index (χ4v) is 3.56. The molecule has 0 fully saturated rings. The Hall–Kier alpha value is -1.83. The summed E-state index contributed by atoms with van der Waals surface area (Å²) in [6, 6.07) is 5.69. The van der Waals surface area contributed by atoms with E-state index in [1.165, 1.54) is 22.7 Å². The number of nitrogens with one attached hydrogen (secondary N) is 1. The molecular weight excluding hydrogens is 304 g/mol. The number of thiazole rings is 2. The molecule has 3 heterocycles. The lowest BCUT2D eigenvalue weighted by atomic mass is 10.3. The van der Waals surface area contributed by atoms with Gasteiger partial charge in [-0.1, -0.05) is 6.07 Å². The van der Waals surface area contributed by atoms with Gasteiger partial charge < -0.3 is 10.4 Å². The van der Waals surface area contributed by atoms with Gasteiger partial charge in [0.25, 0.3) is 0 Å². The van der Waals surface area contributed by atoms with Crippen molar-refractivity contribution in [3.8, 4) is 10.6 Å². The second-order valence-corrected chi connectivity index (χ2v) is 6.41. The molecule has 21 heavy (non-hydrogen) atoms. The Kier molecular flexibility index (Phi) is 3.96. The summed E-state index contributed by atoms with van der Waals surface area (Å²) in [6.45, 7) is 3.65. The molecule has 0 radical (unpaired) electrons. The van der Waals surface area contributed by atoms with Crippen molar-refractivity contribution < 1.29 is 5.11 Å². The summed E-state index contributed by atoms with van der Waals surface area (Å²) in [4.78, 5) is 14.2. The van der Waals surface area contributed by atoms with Crippen LogP contribution in [0.1, 0.15) is 23.7 Å². The molecule has 2 N–H and O–H groups in total. The average molecular weight is 318 g/mol. The van der Waals surface area contributed by atoms with Gasteiger partial charge in [0.2, 0.25) is 0 Å². The third-order valence-corrected chi connectivity index (χ3v) is 4.92. The van der Waals surface area contributed by atoms with E-state index in [0.717, 1.165) is 32.2 Å². The van der Waals surface area contributed by atoms with Crippen LogP contribution in [-0.2, 0) is 0 Å². The molecule has 0 aliphatic carbocycles. The molecule has 0 aliphatic heterocycles. The maximum atomic E-state index is 9.62. The average Bonchev–Trinajstić information content (AvgIpc) is 3.06. The normalized spacial score (nSPS) is 12.3. The highest BCUT2D eigenvalue weighted by Gasteiger charge is 2.15. The summed E-state index contributed by atoms with van der Waals surface area (Å²) in [5, 5.41) is 16.3. The Morgan fingerprint density at radius 1 is 1.29 bits per heavy atom. The molecule has 0 saturated carbocycles. The van der Waals surface area contributed by atoms with Crippen LogP contribution in [0.5, 0.6) is 0 Å². The minimum Gasteiger partial charge on any atom is -0.386 e. The summed E-state index contributed by atoms with van der Waals surface area (Å²) >= 11 is 3.00. The molecule has 1 atom stereocenters. The number of nitrogens with zero attached hydrogens (tertiary/aromatic N) is 3. The van der Waals surface area contributed by atoms with Gasteiger partial charge in [-0.05, 0) is 26.0 Å². The smallest absolute Gasteiger partial charge is 0.188 e. The fraction of sp³-hybridized carbons (Fsp3) is 0.214. The molecule has 0 aliphatic rings. The Morgan fingerprint density at radius 3 is 2.81 bits per heavy atom. The zero-order valence-electron chi connectivity index (χ0n) is 11.6. The molecule has 0 aromatic carbocycles. The predicted molar refractivity (Wildman–Crippen MR) is 86.1 cm³/mol. The molecule has 7 heteroatoms. The van der Waals surface area contributed by atoms with E-state index < -0.39 is 6.10 Å². The van der Waals surface area contributed by atoms with Gasteiger partial charge in [-0.3, -0.25) is 0 Å². The van der Waals surface area contributed by atoms with Gasteiger partial charge in [0, 0.05) is 11.6 Å². The topological polar surface area (TPSA) is 70.9 Å². The standard InChI is InChI=1S/C14H14N4OS2/c1-8-12(21-13(16-8)9(2)19)10-7-20-14(17-10)18-11-5-3-4-6-15-11/h3-7,9,19H,1-2H3,(H,15,17,18). The second-order valence-electron chi connectivity index (χ2n) is 4.52. The molecule has 0 bridgehead atoms. The van der Waals surface area contributed by atoms with E-state index in [2.05, 4.69) is 20.3 Å². The first-order valence-corrected chi connectivity index (χ1v) is 8.12. The predicted octanol–water partition coefficient (Wildman–Crippen LogP) is 3.77. The molecule has 3 aromatic heterocycles. The summed E-state index contributed by atoms with van der Waals surface area (Å²) < 4.78 is 0. The monoisotopic (exact) mass is 318 g/mol. The fourth-order valence-electron chi connectivity index (χ4n) is 1.82. The van der Waals surface area contributed by atoms with Crippen molar-refractivity contribution in [2.75, 3.05) is 5.32 Å². The number of aliphatic hydroxyl groups is 1. The van der Waals surface area contributed by atoms with Crippen LogP contribution in [0.2, 0.25) is 0 Å². The molecule has 0 spiro atoms. The van der Waals surface area contributed by atoms with Gasteiger partial charge in [0.05, 0.1) is 16.3 Å². The van der Waals surface area contributed by atoms with Crippen molar-refractivity contribution in [1.82, 2.24) is 15.0 Å². The maximum Gasteiger partial charge on any atom is 0.188 e. The first-order valence-electron chi connectivity index (χ1n) is 6.43. The molecule has 108 valence electrons. The van der Waals surface area contributed by atoms with E-state index in [1.54, 1.807) is 13.1 Å². The lowest BCUT2D eigenvalue weighted by Crippen LogP contribution is -1.91. The Morgan fingerprint density at radius 2 is 2.14 bits per heavy atom. The summed E-state index contributed by atoms with van der Waals surface area (Å²) in [5.41, 5.74) is 1.77. The maximum absolute atomic E-state index is 9.62. The van der Waals surface area contributed by atoms with Crippen LogP contribution >= 0.6 is 22.7 Å². The summed E-state index contributed by atoms with van der Waals surface area (Å²) in [6.07, 6.45) is 1.19. The summed E-state index contributed by atoms with van der Waals surface area (Å²) in [7, 11) is 0. The largest absolute Gasteiger partial charge is 0.386 e. The van der Waals surface area contributed by atoms with Gasteiger partial charge in [-0.2, -0.15) is 0 Å². The minimum atomic E-state index is -0.549. The number of aliphatic hydroxyl groups excluding tert-OH is 1. The Bertz CT molecular complexity index is 737. The number of hydrogen-bond donors (Lipinski definition) is 2. The first kappa shape index (κ1) is 14.1. The highest BCUT2D eigenvalue weighted by molar-refractivity contribution is 7.17. The lowest BCUT2D eigenvalue weighted by Gasteiger charge is -1.99. The number of anilines is 2. The number of aryl methyl sites for hydroxylation is 1. The van der Waals surface area contributed by atoms with Crippen molar-refractivity contribution in [3.05, 3.63) is 40.5 Å². The van der Waals surface area contributed by atoms with Gasteiger partial charge in [-0.25, -0.2) is 15.0 Å². The van der Waals surface area contributed by atoms with Crippen LogP contribution in [0, 0.1) is 6.92 Å². The number of aromatic nitrogens is 3. The quantitative estimate of drug-likeness (QED) is 0.766. The minimum absolute atomic E-state index is 0.549. The molecular formula is C14H14N4OS2. The zero-order chi connectivity index (χ0) is 14.8. The molecule has 3 rings (SSSR count). The Balaban J connectivity index is 1.85. The van der Waals surface area contributed by atoms with E-state index in [4.69, 9.17) is 0 Å². The Labute approximate surface area is 130 Å². The third-order valence-electron chi connectivity index (χ3n) is 2.81. The van der Waals surface area contributed by atoms with Crippen LogP contribution in [0.4, 0.5) is 10.9 Å². The van der Waals surface area contributed by atoms with Crippen molar-refractivity contribution in [3.63, 3.8) is 0 Å². The van der Waals surface area contributed by atoms with E-state index in [-0.39, 0.29) is 0 Å². The molecule has 3 aromatic rings. The van der Waals surface area contributed by atoms with E-state index in [0.29, 0.717) is 0 Å². The van der Waals surface area contributed by atoms with Crippen LogP contribution < -0.4 is 5.32 Å². The van der Waals surface area contributed by atoms with Crippen molar-refractivity contribution in [2.45, 2.75) is 20.0 Å². The zero-order valence-corrected chi connectivity index (χ0v) is 13.2. The third kappa shape index (κ3) is 3.10. The van der Waals surface area contributed by atoms with Gasteiger partial charge >= 0.3 is 0 Å². The summed E-state index contributed by atoms with van der Waals surface area (Å²) in [5.74, 6) is 0.768. The molecule has 0 amide bonds. The van der Waals surface area contributed by atoms with Crippen LogP contribution in [0.15, 0.2) is 29.8 Å². The van der Waals surface area contributed by atoms with Crippen molar-refractivity contribution >= 4 is 33.6 Å². The molecule has 5 nitrogen and oxygen atoms in total.